The SMILES string of the molecule is FC(F)c1noc(C2CN(c3ccc(Br)c(C(F)(F)F)n3)C2)n1. The minimum absolute atomic E-state index is 0.0460. The molecule has 1 saturated heterocycles. The second kappa shape index (κ2) is 5.69. The van der Waals surface area contributed by atoms with E-state index in [1.165, 1.54) is 12.1 Å². The molecule has 0 atom stereocenters. The number of aromatic nitrogens is 3. The zero-order chi connectivity index (χ0) is 16.8. The lowest BCUT2D eigenvalue weighted by atomic mass is 10.0. The van der Waals surface area contributed by atoms with Gasteiger partial charge in [0.15, 0.2) is 5.69 Å². The van der Waals surface area contributed by atoms with Crippen LogP contribution in [0.4, 0.5) is 27.8 Å². The molecule has 0 aliphatic carbocycles. The summed E-state index contributed by atoms with van der Waals surface area (Å²) < 4.78 is 67.8. The molecule has 0 amide bonds. The van der Waals surface area contributed by atoms with E-state index >= 15 is 0 Å². The van der Waals surface area contributed by atoms with E-state index in [1.54, 1.807) is 4.90 Å². The second-order valence-corrected chi connectivity index (χ2v) is 5.75. The van der Waals surface area contributed by atoms with Crippen molar-refractivity contribution in [1.29, 1.82) is 0 Å². The molecule has 0 radical (unpaired) electrons. The van der Waals surface area contributed by atoms with Crippen LogP contribution in [0.5, 0.6) is 0 Å². The molecular formula is C12H8BrF5N4O. The lowest BCUT2D eigenvalue weighted by molar-refractivity contribution is -0.141. The van der Waals surface area contributed by atoms with Crippen LogP contribution < -0.4 is 4.90 Å². The summed E-state index contributed by atoms with van der Waals surface area (Å²) in [5, 5.41) is 3.15. The molecule has 124 valence electrons. The molecule has 2 aromatic rings. The van der Waals surface area contributed by atoms with Gasteiger partial charge in [0.1, 0.15) is 5.82 Å². The Morgan fingerprint density at radius 2 is 1.91 bits per heavy atom. The van der Waals surface area contributed by atoms with E-state index in [1.807, 2.05) is 0 Å². The van der Waals surface area contributed by atoms with Gasteiger partial charge in [0.2, 0.25) is 11.7 Å². The van der Waals surface area contributed by atoms with Gasteiger partial charge >= 0.3 is 12.6 Å². The number of anilines is 1. The minimum atomic E-state index is -4.57. The minimum Gasteiger partial charge on any atom is -0.355 e. The van der Waals surface area contributed by atoms with E-state index < -0.39 is 24.1 Å². The lowest BCUT2D eigenvalue weighted by Crippen LogP contribution is -2.45. The normalized spacial score (nSPS) is 16.0. The smallest absolute Gasteiger partial charge is 0.355 e. The standard InChI is InChI=1S/C12H8BrF5N4O/c13-6-1-2-7(19-8(6)12(16,17)18)22-3-5(4-22)11-20-10(9(14)15)21-23-11/h1-2,5,9H,3-4H2. The molecule has 3 heterocycles. The van der Waals surface area contributed by atoms with Crippen molar-refractivity contribution in [2.24, 2.45) is 0 Å². The van der Waals surface area contributed by atoms with Gasteiger partial charge in [0.05, 0.1) is 5.92 Å². The fourth-order valence-electron chi connectivity index (χ4n) is 2.13. The third-order valence-corrected chi connectivity index (χ3v) is 3.95. The fourth-order valence-corrected chi connectivity index (χ4v) is 2.58. The summed E-state index contributed by atoms with van der Waals surface area (Å²) in [5.74, 6) is -0.815. The summed E-state index contributed by atoms with van der Waals surface area (Å²) in [6.45, 7) is 0.521. The summed E-state index contributed by atoms with van der Waals surface area (Å²) in [4.78, 5) is 8.73. The van der Waals surface area contributed by atoms with E-state index in [0.29, 0.717) is 0 Å². The average molecular weight is 399 g/mol. The Balaban J connectivity index is 1.72. The van der Waals surface area contributed by atoms with Crippen molar-refractivity contribution < 1.29 is 26.5 Å². The van der Waals surface area contributed by atoms with Crippen LogP contribution in [0.3, 0.4) is 0 Å². The van der Waals surface area contributed by atoms with Crippen LogP contribution in [0.25, 0.3) is 0 Å². The molecule has 0 bridgehead atoms. The second-order valence-electron chi connectivity index (χ2n) is 4.89. The zero-order valence-electron chi connectivity index (χ0n) is 11.2. The Kier molecular flexibility index (Phi) is 3.98. The van der Waals surface area contributed by atoms with Gasteiger partial charge in [-0.05, 0) is 28.1 Å². The van der Waals surface area contributed by atoms with Crippen molar-refractivity contribution >= 4 is 21.7 Å². The number of alkyl halides is 5. The first-order valence-electron chi connectivity index (χ1n) is 6.36. The highest BCUT2D eigenvalue weighted by Crippen LogP contribution is 2.37. The first-order chi connectivity index (χ1) is 10.8. The van der Waals surface area contributed by atoms with Crippen molar-refractivity contribution in [1.82, 2.24) is 15.1 Å². The molecule has 0 N–H and O–H groups in total. The molecule has 2 aromatic heterocycles. The molecule has 5 nitrogen and oxygen atoms in total. The summed E-state index contributed by atoms with van der Waals surface area (Å²) in [6.07, 6.45) is -7.40. The molecule has 0 aromatic carbocycles. The Bertz CT molecular complexity index is 714. The maximum Gasteiger partial charge on any atom is 0.434 e. The number of hydrogen-bond donors (Lipinski definition) is 0. The largest absolute Gasteiger partial charge is 0.434 e. The third-order valence-electron chi connectivity index (χ3n) is 3.31. The highest BCUT2D eigenvalue weighted by atomic mass is 79.9. The molecule has 3 rings (SSSR count). The van der Waals surface area contributed by atoms with E-state index in [9.17, 15) is 22.0 Å². The Hall–Kier alpha value is -1.78. The van der Waals surface area contributed by atoms with Gasteiger partial charge < -0.3 is 9.42 Å². The number of hydrogen-bond acceptors (Lipinski definition) is 5. The maximum absolute atomic E-state index is 12.8. The molecule has 23 heavy (non-hydrogen) atoms. The van der Waals surface area contributed by atoms with Gasteiger partial charge in [-0.1, -0.05) is 5.16 Å². The molecule has 0 unspecified atom stereocenters. The number of nitrogens with zero attached hydrogens (tertiary/aromatic N) is 4. The summed E-state index contributed by atoms with van der Waals surface area (Å²) in [7, 11) is 0. The van der Waals surface area contributed by atoms with Crippen LogP contribution in [0, 0.1) is 0 Å². The predicted octanol–water partition coefficient (Wildman–Crippen LogP) is 3.79. The van der Waals surface area contributed by atoms with Crippen molar-refractivity contribution in [2.45, 2.75) is 18.5 Å². The van der Waals surface area contributed by atoms with Crippen molar-refractivity contribution in [3.05, 3.63) is 34.0 Å². The molecule has 0 spiro atoms. The van der Waals surface area contributed by atoms with Crippen LogP contribution in [0.15, 0.2) is 21.1 Å². The molecule has 0 saturated carbocycles. The monoisotopic (exact) mass is 398 g/mol. The molecular weight excluding hydrogens is 391 g/mol. The molecule has 1 aliphatic rings. The van der Waals surface area contributed by atoms with Crippen LogP contribution >= 0.6 is 15.9 Å². The first kappa shape index (κ1) is 16.1. The molecule has 11 heteroatoms. The van der Waals surface area contributed by atoms with E-state index in [0.717, 1.165) is 0 Å². The third kappa shape index (κ3) is 3.14. The number of pyridine rings is 1. The first-order valence-corrected chi connectivity index (χ1v) is 7.15. The zero-order valence-corrected chi connectivity index (χ0v) is 12.8. The summed E-state index contributed by atoms with van der Waals surface area (Å²) >= 11 is 2.81. The Morgan fingerprint density at radius 3 is 2.48 bits per heavy atom. The van der Waals surface area contributed by atoms with Crippen molar-refractivity contribution in [2.75, 3.05) is 18.0 Å². The van der Waals surface area contributed by atoms with Crippen molar-refractivity contribution in [3.8, 4) is 0 Å². The van der Waals surface area contributed by atoms with Crippen LogP contribution in [0.1, 0.15) is 29.8 Å². The van der Waals surface area contributed by atoms with Crippen molar-refractivity contribution in [3.63, 3.8) is 0 Å². The maximum atomic E-state index is 12.8. The number of halogens is 6. The highest BCUT2D eigenvalue weighted by Gasteiger charge is 2.38. The number of rotatable bonds is 3. The van der Waals surface area contributed by atoms with Gasteiger partial charge in [-0.15, -0.1) is 0 Å². The van der Waals surface area contributed by atoms with E-state index in [2.05, 4.69) is 31.1 Å². The predicted molar refractivity (Wildman–Crippen MR) is 71.1 cm³/mol. The summed E-state index contributed by atoms with van der Waals surface area (Å²) in [5.41, 5.74) is -1.02. The van der Waals surface area contributed by atoms with Crippen LogP contribution in [-0.4, -0.2) is 28.2 Å². The topological polar surface area (TPSA) is 55.1 Å². The van der Waals surface area contributed by atoms with Crippen LogP contribution in [0.2, 0.25) is 0 Å². The summed E-state index contributed by atoms with van der Waals surface area (Å²) in [6, 6.07) is 2.70. The van der Waals surface area contributed by atoms with E-state index in [4.69, 9.17) is 4.52 Å². The van der Waals surface area contributed by atoms with Gasteiger partial charge in [-0.3, -0.25) is 0 Å². The lowest BCUT2D eigenvalue weighted by Gasteiger charge is -2.38. The fraction of sp³-hybridized carbons (Fsp3) is 0.417. The van der Waals surface area contributed by atoms with Gasteiger partial charge in [0.25, 0.3) is 0 Å². The quantitative estimate of drug-likeness (QED) is 0.736. The highest BCUT2D eigenvalue weighted by molar-refractivity contribution is 9.10. The Labute approximate surface area is 134 Å². The van der Waals surface area contributed by atoms with Crippen LogP contribution in [-0.2, 0) is 6.18 Å². The van der Waals surface area contributed by atoms with Gasteiger partial charge in [-0.25, -0.2) is 13.8 Å². The average Bonchev–Trinajstić information content (AvgIpc) is 2.87. The van der Waals surface area contributed by atoms with E-state index in [-0.39, 0.29) is 35.2 Å². The Morgan fingerprint density at radius 1 is 1.22 bits per heavy atom. The molecule has 1 aliphatic heterocycles. The molecule has 1 fully saturated rings. The van der Waals surface area contributed by atoms with Gasteiger partial charge in [0, 0.05) is 17.6 Å². The van der Waals surface area contributed by atoms with Gasteiger partial charge in [-0.2, -0.15) is 18.2 Å².